The fraction of sp³-hybridized carbons (Fsp3) is 0.541. The van der Waals surface area contributed by atoms with Gasteiger partial charge in [0.1, 0.15) is 11.8 Å². The third kappa shape index (κ3) is 12.2. The molecule has 2 amide bonds. The zero-order valence-electron chi connectivity index (χ0n) is 29.0. The Morgan fingerprint density at radius 2 is 1.62 bits per heavy atom. The summed E-state index contributed by atoms with van der Waals surface area (Å²) < 4.78 is 10.6. The topological polar surface area (TPSA) is 139 Å². The average molecular weight is 655 g/mol. The summed E-state index contributed by atoms with van der Waals surface area (Å²) in [7, 11) is 3.27. The van der Waals surface area contributed by atoms with E-state index in [9.17, 15) is 24.0 Å². The number of ether oxygens (including phenoxy) is 2. The van der Waals surface area contributed by atoms with Crippen molar-refractivity contribution in [2.45, 2.75) is 98.4 Å². The van der Waals surface area contributed by atoms with Crippen LogP contribution in [0.1, 0.15) is 92.1 Å². The Morgan fingerprint density at radius 1 is 0.957 bits per heavy atom. The van der Waals surface area contributed by atoms with Gasteiger partial charge in [-0.1, -0.05) is 52.8 Å². The second-order valence-corrected chi connectivity index (χ2v) is 12.8. The number of Topliss-reactive ketones (excluding diaryl/α,β-unsaturated/α-hetero) is 2. The van der Waals surface area contributed by atoms with E-state index in [4.69, 9.17) is 14.6 Å². The summed E-state index contributed by atoms with van der Waals surface area (Å²) in [5.41, 5.74) is 2.41. The smallest absolute Gasteiger partial charge is 0.326 e. The number of nitrogens with zero attached hydrogens (tertiary/aromatic N) is 1. The monoisotopic (exact) mass is 654 g/mol. The molecule has 2 aromatic rings. The maximum atomic E-state index is 12.1. The third-order valence-corrected chi connectivity index (χ3v) is 8.57. The van der Waals surface area contributed by atoms with Crippen molar-refractivity contribution >= 4 is 35.0 Å². The molecule has 47 heavy (non-hydrogen) atoms. The molecule has 0 radical (unpaired) electrons. The second-order valence-electron chi connectivity index (χ2n) is 12.8. The van der Waals surface area contributed by atoms with Crippen LogP contribution in [0.5, 0.6) is 11.5 Å². The summed E-state index contributed by atoms with van der Waals surface area (Å²) in [4.78, 5) is 60.3. The van der Waals surface area contributed by atoms with Gasteiger partial charge in [-0.3, -0.25) is 19.2 Å². The Balaban J connectivity index is 0.000000523. The molecule has 10 heteroatoms. The minimum absolute atomic E-state index is 0. The third-order valence-electron chi connectivity index (χ3n) is 8.57. The minimum atomic E-state index is -1.02. The SMILES string of the molecule is CCC(C)(C)C(=O)C(=O)N1CCCC[C@H]1C(=O)O.COc1ccc(CCCc2cccc(NC(=O)CCC(=O)C(C)C)c2)cc1OC.[HH]. The highest BCUT2D eigenvalue weighted by atomic mass is 16.5. The highest BCUT2D eigenvalue weighted by molar-refractivity contribution is 6.38. The van der Waals surface area contributed by atoms with E-state index in [1.165, 1.54) is 16.0 Å². The maximum Gasteiger partial charge on any atom is 0.326 e. The number of aliphatic carboxylic acids is 1. The summed E-state index contributed by atoms with van der Waals surface area (Å²) in [5.74, 6) is -0.722. The largest absolute Gasteiger partial charge is 0.493 e. The molecule has 1 fully saturated rings. The molecule has 0 aromatic heterocycles. The van der Waals surface area contributed by atoms with Crippen molar-refractivity contribution in [3.8, 4) is 11.5 Å². The van der Waals surface area contributed by atoms with Crippen LogP contribution in [-0.4, -0.2) is 66.2 Å². The number of carbonyl (C=O) groups is 5. The molecule has 0 bridgehead atoms. The van der Waals surface area contributed by atoms with E-state index >= 15 is 0 Å². The van der Waals surface area contributed by atoms with Crippen LogP contribution >= 0.6 is 0 Å². The molecule has 3 rings (SSSR count). The molecule has 1 aliphatic heterocycles. The first-order valence-electron chi connectivity index (χ1n) is 16.4. The molecule has 10 nitrogen and oxygen atoms in total. The molecule has 1 aliphatic rings. The number of methoxy groups -OCH3 is 2. The molecule has 260 valence electrons. The van der Waals surface area contributed by atoms with E-state index in [2.05, 4.69) is 17.4 Å². The molecule has 0 saturated carbocycles. The molecular weight excluding hydrogens is 600 g/mol. The number of carbonyl (C=O) groups excluding carboxylic acids is 4. The fourth-order valence-electron chi connectivity index (χ4n) is 5.10. The molecule has 1 heterocycles. The number of carboxylic acid groups (broad SMARTS) is 1. The summed E-state index contributed by atoms with van der Waals surface area (Å²) in [6.45, 7) is 9.34. The number of likely N-dealkylation sites (tertiary alicyclic amines) is 1. The summed E-state index contributed by atoms with van der Waals surface area (Å²) in [5, 5.41) is 12.0. The zero-order chi connectivity index (χ0) is 35.1. The van der Waals surface area contributed by atoms with Crippen molar-refractivity contribution in [3.05, 3.63) is 53.6 Å². The van der Waals surface area contributed by atoms with E-state index in [-0.39, 0.29) is 31.9 Å². The quantitative estimate of drug-likeness (QED) is 0.207. The molecule has 2 N–H and O–H groups in total. The lowest BCUT2D eigenvalue weighted by Crippen LogP contribution is -2.52. The summed E-state index contributed by atoms with van der Waals surface area (Å²) >= 11 is 0. The minimum Gasteiger partial charge on any atom is -0.493 e. The van der Waals surface area contributed by atoms with Gasteiger partial charge in [0.05, 0.1) is 14.2 Å². The van der Waals surface area contributed by atoms with Crippen molar-refractivity contribution < 1.29 is 40.0 Å². The molecule has 0 spiro atoms. The number of carboxylic acids is 1. The van der Waals surface area contributed by atoms with Crippen molar-refractivity contribution in [2.75, 3.05) is 26.1 Å². The van der Waals surface area contributed by atoms with E-state index in [1.807, 2.05) is 51.1 Å². The van der Waals surface area contributed by atoms with Crippen LogP contribution < -0.4 is 14.8 Å². The van der Waals surface area contributed by atoms with Crippen LogP contribution in [0.4, 0.5) is 5.69 Å². The number of benzene rings is 2. The number of hydrogen-bond donors (Lipinski definition) is 2. The molecule has 2 aromatic carbocycles. The Labute approximate surface area is 280 Å². The van der Waals surface area contributed by atoms with Crippen LogP contribution in [0.15, 0.2) is 42.5 Å². The number of amides is 2. The molecule has 0 aliphatic carbocycles. The van der Waals surface area contributed by atoms with Gasteiger partial charge in [0.15, 0.2) is 11.5 Å². The van der Waals surface area contributed by atoms with Crippen molar-refractivity contribution in [2.24, 2.45) is 11.3 Å². The van der Waals surface area contributed by atoms with Gasteiger partial charge in [-0.05, 0) is 80.3 Å². The normalized spacial score (nSPS) is 14.5. The standard InChI is InChI=1S/C24H31NO4.C13H21NO4.H2/c1-17(2)21(26)12-14-24(27)25-20-10-6-9-18(15-20)7-5-8-19-11-13-22(28-3)23(16-19)29-4;1-4-13(2,3)10(15)11(16)14-8-6-5-7-9(14)12(17)18;/h6,9-11,13,15-17H,5,7-8,12,14H2,1-4H3,(H,25,27);9H,4-8H2,1-3H3,(H,17,18);1H/t;9-;/m.0./s1. The van der Waals surface area contributed by atoms with Crippen LogP contribution in [0.3, 0.4) is 0 Å². The van der Waals surface area contributed by atoms with E-state index in [0.29, 0.717) is 19.4 Å². The first kappa shape index (κ1) is 39.0. The van der Waals surface area contributed by atoms with E-state index < -0.39 is 29.1 Å². The zero-order valence-corrected chi connectivity index (χ0v) is 29.0. The molecule has 0 unspecified atom stereocenters. The van der Waals surface area contributed by atoms with Crippen molar-refractivity contribution in [3.63, 3.8) is 0 Å². The van der Waals surface area contributed by atoms with Crippen LogP contribution in [0.25, 0.3) is 0 Å². The Bertz CT molecular complexity index is 1390. The van der Waals surface area contributed by atoms with Crippen LogP contribution in [-0.2, 0) is 36.8 Å². The van der Waals surface area contributed by atoms with Gasteiger partial charge in [0, 0.05) is 37.8 Å². The van der Waals surface area contributed by atoms with Gasteiger partial charge in [-0.15, -0.1) is 0 Å². The number of anilines is 1. The number of ketones is 2. The second kappa shape index (κ2) is 18.8. The predicted molar refractivity (Wildman–Crippen MR) is 184 cm³/mol. The lowest BCUT2D eigenvalue weighted by atomic mass is 9.84. The summed E-state index contributed by atoms with van der Waals surface area (Å²) in [6, 6.07) is 13.0. The lowest BCUT2D eigenvalue weighted by molar-refractivity contribution is -0.158. The highest BCUT2D eigenvalue weighted by Gasteiger charge is 2.39. The number of nitrogens with one attached hydrogen (secondary N) is 1. The molecular formula is C37H54N2O8. The van der Waals surface area contributed by atoms with E-state index in [0.717, 1.165) is 49.3 Å². The first-order chi connectivity index (χ1) is 22.2. The predicted octanol–water partition coefficient (Wildman–Crippen LogP) is 6.53. The highest BCUT2D eigenvalue weighted by Crippen LogP contribution is 2.28. The first-order valence-corrected chi connectivity index (χ1v) is 16.4. The van der Waals surface area contributed by atoms with Gasteiger partial charge >= 0.3 is 5.97 Å². The lowest BCUT2D eigenvalue weighted by Gasteiger charge is -2.34. The van der Waals surface area contributed by atoms with Crippen LogP contribution in [0, 0.1) is 11.3 Å². The van der Waals surface area contributed by atoms with Crippen molar-refractivity contribution in [1.29, 1.82) is 0 Å². The van der Waals surface area contributed by atoms with E-state index in [1.54, 1.807) is 28.1 Å². The number of piperidine rings is 1. The Morgan fingerprint density at radius 3 is 2.21 bits per heavy atom. The molecule has 1 saturated heterocycles. The van der Waals surface area contributed by atoms with Gasteiger partial charge in [-0.2, -0.15) is 0 Å². The van der Waals surface area contributed by atoms with Crippen LogP contribution in [0.2, 0.25) is 0 Å². The number of rotatable bonds is 15. The van der Waals surface area contributed by atoms with Crippen molar-refractivity contribution in [1.82, 2.24) is 4.90 Å². The van der Waals surface area contributed by atoms with Gasteiger partial charge in [0.25, 0.3) is 5.91 Å². The number of aryl methyl sites for hydroxylation is 2. The maximum absolute atomic E-state index is 12.1. The summed E-state index contributed by atoms with van der Waals surface area (Å²) in [6.07, 6.45) is 5.86. The van der Waals surface area contributed by atoms with Gasteiger partial charge < -0.3 is 24.8 Å². The number of hydrogen-bond acceptors (Lipinski definition) is 7. The average Bonchev–Trinajstić information content (AvgIpc) is 3.06. The van der Waals surface area contributed by atoms with Gasteiger partial charge in [0.2, 0.25) is 11.7 Å². The fourth-order valence-corrected chi connectivity index (χ4v) is 5.10. The Kier molecular flexibility index (Phi) is 15.6. The molecule has 1 atom stereocenters. The Hall–Kier alpha value is -4.21. The van der Waals surface area contributed by atoms with Gasteiger partial charge in [-0.25, -0.2) is 4.79 Å².